The Morgan fingerprint density at radius 3 is 2.76 bits per heavy atom. The minimum Gasteiger partial charge on any atom is -0.359 e. The fourth-order valence-corrected chi connectivity index (χ4v) is 2.63. The smallest absolute Gasteiger partial charge is 0.258 e. The molecule has 1 aliphatic heterocycles. The summed E-state index contributed by atoms with van der Waals surface area (Å²) in [6.45, 7) is 6.17. The molecular formula is C17H19N3O. The molecule has 4 nitrogen and oxygen atoms in total. The van der Waals surface area contributed by atoms with Gasteiger partial charge in [-0.15, -0.1) is 0 Å². The third-order valence-corrected chi connectivity index (χ3v) is 3.82. The Morgan fingerprint density at radius 1 is 1.24 bits per heavy atom. The van der Waals surface area contributed by atoms with Crippen LogP contribution in [0, 0.1) is 6.92 Å². The van der Waals surface area contributed by atoms with E-state index in [2.05, 4.69) is 35.2 Å². The molecule has 0 radical (unpaired) electrons. The molecular weight excluding hydrogens is 262 g/mol. The molecule has 0 bridgehead atoms. The zero-order valence-corrected chi connectivity index (χ0v) is 12.6. The van der Waals surface area contributed by atoms with Crippen LogP contribution in [-0.2, 0) is 17.6 Å². The minimum atomic E-state index is -0.0854. The normalized spacial score (nSPS) is 15.4. The summed E-state index contributed by atoms with van der Waals surface area (Å²) in [7, 11) is 0. The molecule has 3 heterocycles. The maximum atomic E-state index is 12.2. The Morgan fingerprint density at radius 2 is 2.05 bits per heavy atom. The first-order chi connectivity index (χ1) is 10.1. The van der Waals surface area contributed by atoms with Crippen molar-refractivity contribution >= 4 is 23.2 Å². The van der Waals surface area contributed by atoms with Crippen LogP contribution in [0.15, 0.2) is 18.2 Å². The first-order valence-corrected chi connectivity index (χ1v) is 7.34. The molecule has 0 saturated heterocycles. The number of anilines is 1. The summed E-state index contributed by atoms with van der Waals surface area (Å²) in [6.07, 6.45) is 3.81. The number of hydrogen-bond acceptors (Lipinski definition) is 2. The van der Waals surface area contributed by atoms with Crippen molar-refractivity contribution < 1.29 is 4.79 Å². The summed E-state index contributed by atoms with van der Waals surface area (Å²) in [4.78, 5) is 20.1. The van der Waals surface area contributed by atoms with Gasteiger partial charge >= 0.3 is 0 Å². The Balaban J connectivity index is 2.10. The van der Waals surface area contributed by atoms with Crippen molar-refractivity contribution in [3.63, 3.8) is 0 Å². The fraction of sp³-hybridized carbons (Fsp3) is 0.294. The van der Waals surface area contributed by atoms with E-state index in [0.29, 0.717) is 5.57 Å². The summed E-state index contributed by atoms with van der Waals surface area (Å²) in [6, 6.07) is 5.98. The number of aromatic amines is 1. The van der Waals surface area contributed by atoms with Gasteiger partial charge in [0.05, 0.1) is 17.0 Å². The van der Waals surface area contributed by atoms with Crippen LogP contribution in [0.4, 0.5) is 5.69 Å². The highest BCUT2D eigenvalue weighted by atomic mass is 16.2. The number of hydrogen-bond donors (Lipinski definition) is 2. The number of pyridine rings is 1. The van der Waals surface area contributed by atoms with Gasteiger partial charge in [0.25, 0.3) is 5.91 Å². The van der Waals surface area contributed by atoms with E-state index in [9.17, 15) is 4.79 Å². The number of aryl methyl sites for hydroxylation is 3. The predicted octanol–water partition coefficient (Wildman–Crippen LogP) is 3.34. The van der Waals surface area contributed by atoms with Gasteiger partial charge in [-0.3, -0.25) is 9.78 Å². The van der Waals surface area contributed by atoms with Crippen LogP contribution < -0.4 is 5.32 Å². The van der Waals surface area contributed by atoms with E-state index in [1.54, 1.807) is 0 Å². The Kier molecular flexibility index (Phi) is 3.37. The minimum absolute atomic E-state index is 0.0854. The lowest BCUT2D eigenvalue weighted by atomic mass is 10.1. The zero-order valence-electron chi connectivity index (χ0n) is 12.6. The molecule has 1 aliphatic rings. The summed E-state index contributed by atoms with van der Waals surface area (Å²) < 4.78 is 0. The van der Waals surface area contributed by atoms with E-state index in [1.165, 1.54) is 11.3 Å². The maximum absolute atomic E-state index is 12.2. The maximum Gasteiger partial charge on any atom is 0.258 e. The number of carbonyl (C=O) groups excluding carboxylic acids is 1. The number of H-pyrrole nitrogens is 1. The number of aromatic nitrogens is 2. The van der Waals surface area contributed by atoms with Gasteiger partial charge in [-0.05, 0) is 49.6 Å². The van der Waals surface area contributed by atoms with Crippen molar-refractivity contribution in [3.8, 4) is 0 Å². The van der Waals surface area contributed by atoms with Crippen LogP contribution in [0.2, 0.25) is 0 Å². The molecule has 2 aromatic heterocycles. The van der Waals surface area contributed by atoms with Gasteiger partial charge in [0.1, 0.15) is 0 Å². The average molecular weight is 281 g/mol. The molecule has 4 heteroatoms. The SMILES string of the molecule is CCc1cc(CC)c(C=C2C(=O)Nc3ccc(C)nc32)[nH]1. The van der Waals surface area contributed by atoms with Crippen LogP contribution in [-0.4, -0.2) is 15.9 Å². The second-order valence-corrected chi connectivity index (χ2v) is 5.30. The van der Waals surface area contributed by atoms with Crippen molar-refractivity contribution in [2.45, 2.75) is 33.6 Å². The fourth-order valence-electron chi connectivity index (χ4n) is 2.63. The molecule has 21 heavy (non-hydrogen) atoms. The van der Waals surface area contributed by atoms with Crippen LogP contribution in [0.3, 0.4) is 0 Å². The summed E-state index contributed by atoms with van der Waals surface area (Å²) in [5, 5.41) is 2.87. The lowest BCUT2D eigenvalue weighted by Gasteiger charge is -2.00. The van der Waals surface area contributed by atoms with Crippen LogP contribution in [0.25, 0.3) is 11.6 Å². The zero-order chi connectivity index (χ0) is 15.0. The van der Waals surface area contributed by atoms with Crippen LogP contribution >= 0.6 is 0 Å². The van der Waals surface area contributed by atoms with Gasteiger partial charge in [-0.1, -0.05) is 13.8 Å². The quantitative estimate of drug-likeness (QED) is 0.848. The molecule has 0 unspecified atom stereocenters. The van der Waals surface area contributed by atoms with Gasteiger partial charge in [0, 0.05) is 17.1 Å². The lowest BCUT2D eigenvalue weighted by Crippen LogP contribution is -2.03. The lowest BCUT2D eigenvalue weighted by molar-refractivity contribution is -0.110. The highest BCUT2D eigenvalue weighted by molar-refractivity contribution is 6.34. The second-order valence-electron chi connectivity index (χ2n) is 5.30. The monoisotopic (exact) mass is 281 g/mol. The molecule has 0 fully saturated rings. The number of nitrogens with zero attached hydrogens (tertiary/aromatic N) is 1. The van der Waals surface area contributed by atoms with Crippen molar-refractivity contribution in [2.24, 2.45) is 0 Å². The molecule has 2 aromatic rings. The molecule has 2 N–H and O–H groups in total. The van der Waals surface area contributed by atoms with E-state index in [4.69, 9.17) is 0 Å². The summed E-state index contributed by atoms with van der Waals surface area (Å²) in [5.74, 6) is -0.0854. The highest BCUT2D eigenvalue weighted by Gasteiger charge is 2.26. The van der Waals surface area contributed by atoms with E-state index in [0.717, 1.165) is 35.6 Å². The van der Waals surface area contributed by atoms with Gasteiger partial charge in [-0.25, -0.2) is 0 Å². The largest absolute Gasteiger partial charge is 0.359 e. The molecule has 0 saturated carbocycles. The van der Waals surface area contributed by atoms with Gasteiger partial charge < -0.3 is 10.3 Å². The summed E-state index contributed by atoms with van der Waals surface area (Å²) in [5.41, 5.74) is 6.51. The van der Waals surface area contributed by atoms with Crippen molar-refractivity contribution in [1.29, 1.82) is 0 Å². The molecule has 3 rings (SSSR count). The Labute approximate surface area is 124 Å². The first-order valence-electron chi connectivity index (χ1n) is 7.34. The third-order valence-electron chi connectivity index (χ3n) is 3.82. The van der Waals surface area contributed by atoms with Gasteiger partial charge in [-0.2, -0.15) is 0 Å². The van der Waals surface area contributed by atoms with Crippen molar-refractivity contribution in [3.05, 3.63) is 46.5 Å². The second kappa shape index (κ2) is 5.20. The molecule has 108 valence electrons. The van der Waals surface area contributed by atoms with E-state index >= 15 is 0 Å². The van der Waals surface area contributed by atoms with Crippen LogP contribution in [0.1, 0.15) is 42.2 Å². The highest BCUT2D eigenvalue weighted by Crippen LogP contribution is 2.32. The van der Waals surface area contributed by atoms with Crippen molar-refractivity contribution in [1.82, 2.24) is 9.97 Å². The number of fused-ring (bicyclic) bond motifs is 1. The van der Waals surface area contributed by atoms with E-state index in [-0.39, 0.29) is 5.91 Å². The van der Waals surface area contributed by atoms with E-state index < -0.39 is 0 Å². The number of carbonyl (C=O) groups is 1. The molecule has 1 amide bonds. The molecule has 0 spiro atoms. The molecule has 0 aliphatic carbocycles. The standard InChI is InChI=1S/C17H19N3O/c1-4-11-8-12(5-2)19-15(11)9-13-16-14(20-17(13)21)7-6-10(3)18-16/h6-9,19H,4-5H2,1-3H3,(H,20,21). The molecule has 0 atom stereocenters. The van der Waals surface area contributed by atoms with Gasteiger partial charge in [0.2, 0.25) is 0 Å². The van der Waals surface area contributed by atoms with E-state index in [1.807, 2.05) is 25.1 Å². The number of amides is 1. The Bertz CT molecular complexity index is 740. The summed E-state index contributed by atoms with van der Waals surface area (Å²) >= 11 is 0. The van der Waals surface area contributed by atoms with Crippen LogP contribution in [0.5, 0.6) is 0 Å². The number of nitrogens with one attached hydrogen (secondary N) is 2. The average Bonchev–Trinajstić information content (AvgIpc) is 3.01. The first kappa shape index (κ1) is 13.6. The molecule has 0 aromatic carbocycles. The topological polar surface area (TPSA) is 57.8 Å². The Hall–Kier alpha value is -2.36. The van der Waals surface area contributed by atoms with Crippen molar-refractivity contribution in [2.75, 3.05) is 5.32 Å². The number of rotatable bonds is 3. The third kappa shape index (κ3) is 2.37. The van der Waals surface area contributed by atoms with Gasteiger partial charge in [0.15, 0.2) is 0 Å². The predicted molar refractivity (Wildman–Crippen MR) is 85.0 cm³/mol.